The third-order valence-corrected chi connectivity index (χ3v) is 6.04. The van der Waals surface area contributed by atoms with Crippen molar-refractivity contribution in [1.82, 2.24) is 9.21 Å². The minimum Gasteiger partial charge on any atom is -0.326 e. The van der Waals surface area contributed by atoms with Gasteiger partial charge in [-0.05, 0) is 32.5 Å². The number of hydrogen-bond donors (Lipinski definition) is 1. The van der Waals surface area contributed by atoms with Gasteiger partial charge >= 0.3 is 0 Å². The van der Waals surface area contributed by atoms with Crippen molar-refractivity contribution in [1.29, 1.82) is 0 Å². The summed E-state index contributed by atoms with van der Waals surface area (Å²) in [7, 11) is -1.45. The van der Waals surface area contributed by atoms with Gasteiger partial charge in [0, 0.05) is 31.7 Å². The molecule has 0 bridgehead atoms. The third-order valence-electron chi connectivity index (χ3n) is 4.09. The van der Waals surface area contributed by atoms with Crippen LogP contribution in [0, 0.1) is 0 Å². The number of piperazine rings is 1. The minimum atomic E-state index is -3.47. The summed E-state index contributed by atoms with van der Waals surface area (Å²) in [5.41, 5.74) is 6.17. The van der Waals surface area contributed by atoms with Crippen LogP contribution < -0.4 is 5.73 Å². The number of sulfonamides is 1. The molecule has 5 nitrogen and oxygen atoms in total. The quantitative estimate of drug-likeness (QED) is 0.898. The zero-order valence-corrected chi connectivity index (χ0v) is 13.2. The summed E-state index contributed by atoms with van der Waals surface area (Å²) in [6, 6.07) is 6.97. The Bertz CT molecular complexity index is 584. The number of nitrogens with two attached hydrogens (primary N) is 1. The van der Waals surface area contributed by atoms with Crippen LogP contribution in [0.3, 0.4) is 0 Å². The fourth-order valence-electron chi connectivity index (χ4n) is 2.46. The lowest BCUT2D eigenvalue weighted by atomic mass is 10.0. The zero-order valence-electron chi connectivity index (χ0n) is 12.3. The number of benzene rings is 1. The predicted octanol–water partition coefficient (Wildman–Crippen LogP) is 0.860. The maximum absolute atomic E-state index is 12.8. The molecule has 1 heterocycles. The van der Waals surface area contributed by atoms with E-state index in [4.69, 9.17) is 5.73 Å². The van der Waals surface area contributed by atoms with E-state index in [-0.39, 0.29) is 12.1 Å². The van der Waals surface area contributed by atoms with Crippen LogP contribution in [0.1, 0.15) is 19.4 Å². The van der Waals surface area contributed by atoms with E-state index in [0.717, 1.165) is 6.54 Å². The molecule has 0 atom stereocenters. The topological polar surface area (TPSA) is 66.6 Å². The Hall–Kier alpha value is -0.950. The molecular weight excluding hydrogens is 274 g/mol. The van der Waals surface area contributed by atoms with Crippen molar-refractivity contribution in [3.63, 3.8) is 0 Å². The lowest BCUT2D eigenvalue weighted by Gasteiger charge is -2.44. The van der Waals surface area contributed by atoms with Crippen molar-refractivity contribution in [2.45, 2.75) is 30.8 Å². The van der Waals surface area contributed by atoms with Crippen molar-refractivity contribution >= 4 is 10.0 Å². The second-order valence-electron chi connectivity index (χ2n) is 5.88. The lowest BCUT2D eigenvalue weighted by molar-refractivity contribution is 0.0801. The van der Waals surface area contributed by atoms with Gasteiger partial charge in [0.15, 0.2) is 0 Å². The van der Waals surface area contributed by atoms with Crippen molar-refractivity contribution in [2.24, 2.45) is 5.73 Å². The highest BCUT2D eigenvalue weighted by atomic mass is 32.2. The van der Waals surface area contributed by atoms with Crippen LogP contribution in [-0.2, 0) is 16.6 Å². The molecule has 1 saturated heterocycles. The molecule has 1 aromatic rings. The lowest BCUT2D eigenvalue weighted by Crippen LogP contribution is -2.58. The summed E-state index contributed by atoms with van der Waals surface area (Å²) in [5, 5.41) is 0. The maximum Gasteiger partial charge on any atom is 0.243 e. The normalized spacial score (nSPS) is 21.0. The molecule has 2 rings (SSSR count). The first kappa shape index (κ1) is 15.4. The second-order valence-corrected chi connectivity index (χ2v) is 7.79. The number of hydrogen-bond acceptors (Lipinski definition) is 4. The molecule has 112 valence electrons. The van der Waals surface area contributed by atoms with E-state index in [0.29, 0.717) is 23.5 Å². The summed E-state index contributed by atoms with van der Waals surface area (Å²) >= 11 is 0. The van der Waals surface area contributed by atoms with Crippen LogP contribution in [0.25, 0.3) is 0 Å². The van der Waals surface area contributed by atoms with E-state index in [1.54, 1.807) is 22.5 Å². The second kappa shape index (κ2) is 5.44. The van der Waals surface area contributed by atoms with Gasteiger partial charge in [-0.2, -0.15) is 4.31 Å². The molecule has 0 aromatic heterocycles. The summed E-state index contributed by atoms with van der Waals surface area (Å²) in [6.45, 7) is 6.09. The summed E-state index contributed by atoms with van der Waals surface area (Å²) in [6.07, 6.45) is 0. The maximum atomic E-state index is 12.8. The van der Waals surface area contributed by atoms with Gasteiger partial charge in [-0.1, -0.05) is 18.2 Å². The molecule has 0 radical (unpaired) electrons. The Morgan fingerprint density at radius 1 is 1.25 bits per heavy atom. The molecule has 20 heavy (non-hydrogen) atoms. The monoisotopic (exact) mass is 297 g/mol. The van der Waals surface area contributed by atoms with E-state index in [1.165, 1.54) is 0 Å². The molecule has 1 aliphatic rings. The Kier molecular flexibility index (Phi) is 4.20. The highest BCUT2D eigenvalue weighted by Gasteiger charge is 2.37. The number of nitrogens with zero attached hydrogens (tertiary/aromatic N) is 2. The van der Waals surface area contributed by atoms with Gasteiger partial charge < -0.3 is 5.73 Å². The van der Waals surface area contributed by atoms with Crippen LogP contribution in [0.4, 0.5) is 0 Å². The smallest absolute Gasteiger partial charge is 0.243 e. The standard InChI is InChI=1S/C14H23N3O2S/c1-14(2)11-17(9-8-16(14)3)20(18,19)13-7-5-4-6-12(13)10-15/h4-7H,8-11,15H2,1-3H3. The van der Waals surface area contributed by atoms with Crippen LogP contribution in [0.15, 0.2) is 29.2 Å². The molecule has 0 spiro atoms. The van der Waals surface area contributed by atoms with Gasteiger partial charge in [0.1, 0.15) is 0 Å². The average Bonchev–Trinajstić information content (AvgIpc) is 2.41. The highest BCUT2D eigenvalue weighted by molar-refractivity contribution is 7.89. The van der Waals surface area contributed by atoms with Crippen molar-refractivity contribution in [3.8, 4) is 0 Å². The molecule has 0 saturated carbocycles. The Morgan fingerprint density at radius 3 is 2.50 bits per heavy atom. The summed E-state index contributed by atoms with van der Waals surface area (Å²) < 4.78 is 27.2. The SMILES string of the molecule is CN1CCN(S(=O)(=O)c2ccccc2CN)CC1(C)C. The van der Waals surface area contributed by atoms with E-state index in [2.05, 4.69) is 18.7 Å². The molecule has 1 aromatic carbocycles. The molecular formula is C14H23N3O2S. The molecule has 2 N–H and O–H groups in total. The van der Waals surface area contributed by atoms with Crippen LogP contribution >= 0.6 is 0 Å². The molecule has 6 heteroatoms. The largest absolute Gasteiger partial charge is 0.326 e. The van der Waals surface area contributed by atoms with Crippen molar-refractivity contribution in [2.75, 3.05) is 26.7 Å². The molecule has 0 aliphatic carbocycles. The number of rotatable bonds is 3. The van der Waals surface area contributed by atoms with Crippen LogP contribution in [0.2, 0.25) is 0 Å². The van der Waals surface area contributed by atoms with Gasteiger partial charge in [0.2, 0.25) is 10.0 Å². The van der Waals surface area contributed by atoms with Crippen molar-refractivity contribution in [3.05, 3.63) is 29.8 Å². The first-order valence-electron chi connectivity index (χ1n) is 6.78. The Morgan fingerprint density at radius 2 is 1.90 bits per heavy atom. The molecule has 1 fully saturated rings. The summed E-state index contributed by atoms with van der Waals surface area (Å²) in [5.74, 6) is 0. The van der Waals surface area contributed by atoms with Crippen LogP contribution in [-0.4, -0.2) is 49.8 Å². The fraction of sp³-hybridized carbons (Fsp3) is 0.571. The van der Waals surface area contributed by atoms with Crippen molar-refractivity contribution < 1.29 is 8.42 Å². The van der Waals surface area contributed by atoms with E-state index in [9.17, 15) is 8.42 Å². The fourth-order valence-corrected chi connectivity index (χ4v) is 4.28. The van der Waals surface area contributed by atoms with E-state index >= 15 is 0 Å². The van der Waals surface area contributed by atoms with Gasteiger partial charge in [-0.25, -0.2) is 8.42 Å². The minimum absolute atomic E-state index is 0.164. The molecule has 1 aliphatic heterocycles. The van der Waals surface area contributed by atoms with Gasteiger partial charge in [-0.15, -0.1) is 0 Å². The number of likely N-dealkylation sites (N-methyl/N-ethyl adjacent to an activating group) is 1. The Labute approximate surface area is 121 Å². The third kappa shape index (κ3) is 2.74. The van der Waals surface area contributed by atoms with Gasteiger partial charge in [0.25, 0.3) is 0 Å². The van der Waals surface area contributed by atoms with E-state index in [1.807, 2.05) is 13.1 Å². The van der Waals surface area contributed by atoms with E-state index < -0.39 is 10.0 Å². The highest BCUT2D eigenvalue weighted by Crippen LogP contribution is 2.26. The molecule has 0 unspecified atom stereocenters. The molecule has 0 amide bonds. The first-order valence-corrected chi connectivity index (χ1v) is 8.22. The first-order chi connectivity index (χ1) is 9.29. The zero-order chi connectivity index (χ0) is 15.0. The predicted molar refractivity (Wildman–Crippen MR) is 79.8 cm³/mol. The van der Waals surface area contributed by atoms with Gasteiger partial charge in [0.05, 0.1) is 4.90 Å². The average molecular weight is 297 g/mol. The van der Waals surface area contributed by atoms with Crippen LogP contribution in [0.5, 0.6) is 0 Å². The summed E-state index contributed by atoms with van der Waals surface area (Å²) in [4.78, 5) is 2.52. The Balaban J connectivity index is 2.36. The van der Waals surface area contributed by atoms with Gasteiger partial charge in [-0.3, -0.25) is 4.90 Å².